The van der Waals surface area contributed by atoms with Gasteiger partial charge in [-0.3, -0.25) is 9.89 Å². The molecule has 5 heteroatoms. The first-order valence-electron chi connectivity index (χ1n) is 3.71. The van der Waals surface area contributed by atoms with E-state index in [1.54, 1.807) is 12.4 Å². The van der Waals surface area contributed by atoms with Crippen molar-refractivity contribution < 1.29 is 9.53 Å². The molecular formula is C8H13BrN2O2. The van der Waals surface area contributed by atoms with Gasteiger partial charge >= 0.3 is 0 Å². The lowest BCUT2D eigenvalue weighted by molar-refractivity contribution is -0.138. The third-order valence-electron chi connectivity index (χ3n) is 0.867. The van der Waals surface area contributed by atoms with Crippen LogP contribution in [-0.4, -0.2) is 22.3 Å². The van der Waals surface area contributed by atoms with Crippen LogP contribution in [0.3, 0.4) is 0 Å². The first-order valence-corrected chi connectivity index (χ1v) is 4.51. The van der Waals surface area contributed by atoms with Crippen molar-refractivity contribution in [2.75, 3.05) is 0 Å². The molecule has 4 nitrogen and oxygen atoms in total. The van der Waals surface area contributed by atoms with Crippen LogP contribution in [-0.2, 0) is 9.53 Å². The van der Waals surface area contributed by atoms with E-state index in [9.17, 15) is 4.79 Å². The number of H-pyrrole nitrogens is 1. The molecule has 0 amide bonds. The van der Waals surface area contributed by atoms with Gasteiger partial charge in [0.15, 0.2) is 0 Å². The third kappa shape index (κ3) is 9.07. The van der Waals surface area contributed by atoms with E-state index in [2.05, 4.69) is 30.9 Å². The molecule has 0 radical (unpaired) electrons. The highest BCUT2D eigenvalue weighted by molar-refractivity contribution is 9.10. The zero-order valence-corrected chi connectivity index (χ0v) is 9.46. The Morgan fingerprint density at radius 1 is 1.62 bits per heavy atom. The number of hydrogen-bond acceptors (Lipinski definition) is 3. The maximum absolute atomic E-state index is 9.60. The van der Waals surface area contributed by atoms with Crippen molar-refractivity contribution in [3.63, 3.8) is 0 Å². The average Bonchev–Trinajstić information content (AvgIpc) is 2.38. The van der Waals surface area contributed by atoms with Crippen LogP contribution in [0, 0.1) is 0 Å². The number of aromatic nitrogens is 2. The second kappa shape index (κ2) is 5.75. The standard InChI is InChI=1S/C5H10O2.C3H3BrN2/c1-5(2,3)7-4-6;4-3-1-5-6-2-3/h4H,1-3H3;1-2H,(H,5,6). The van der Waals surface area contributed by atoms with Crippen LogP contribution in [0.4, 0.5) is 0 Å². The number of halogens is 1. The number of ether oxygens (including phenoxy) is 1. The Kier molecular flexibility index (Phi) is 5.37. The van der Waals surface area contributed by atoms with Crippen LogP contribution >= 0.6 is 15.9 Å². The molecule has 0 unspecified atom stereocenters. The highest BCUT2D eigenvalue weighted by Crippen LogP contribution is 2.02. The largest absolute Gasteiger partial charge is 0.462 e. The van der Waals surface area contributed by atoms with E-state index in [-0.39, 0.29) is 5.60 Å². The van der Waals surface area contributed by atoms with Crippen LogP contribution in [0.15, 0.2) is 16.9 Å². The van der Waals surface area contributed by atoms with Crippen molar-refractivity contribution in [1.29, 1.82) is 0 Å². The molecule has 1 aromatic heterocycles. The number of nitrogens with one attached hydrogen (secondary N) is 1. The van der Waals surface area contributed by atoms with Gasteiger partial charge in [-0.2, -0.15) is 5.10 Å². The lowest BCUT2D eigenvalue weighted by Crippen LogP contribution is -2.17. The molecule has 0 aliphatic carbocycles. The van der Waals surface area contributed by atoms with Crippen LogP contribution in [0.5, 0.6) is 0 Å². The molecule has 1 heterocycles. The number of carbonyl (C=O) groups excluding carboxylic acids is 1. The van der Waals surface area contributed by atoms with Gasteiger partial charge in [0, 0.05) is 6.20 Å². The zero-order chi connectivity index (χ0) is 10.3. The van der Waals surface area contributed by atoms with Crippen molar-refractivity contribution >= 4 is 22.4 Å². The predicted molar refractivity (Wildman–Crippen MR) is 53.2 cm³/mol. The normalized spacial score (nSPS) is 9.85. The van der Waals surface area contributed by atoms with Gasteiger partial charge in [0.05, 0.1) is 10.7 Å². The van der Waals surface area contributed by atoms with Crippen molar-refractivity contribution in [2.24, 2.45) is 0 Å². The topological polar surface area (TPSA) is 55.0 Å². The summed E-state index contributed by atoms with van der Waals surface area (Å²) in [7, 11) is 0. The second-order valence-electron chi connectivity index (χ2n) is 3.24. The molecule has 0 spiro atoms. The number of rotatable bonds is 1. The summed E-state index contributed by atoms with van der Waals surface area (Å²) in [6, 6.07) is 0. The summed E-state index contributed by atoms with van der Waals surface area (Å²) in [5.41, 5.74) is -0.318. The van der Waals surface area contributed by atoms with E-state index in [4.69, 9.17) is 0 Å². The minimum Gasteiger partial charge on any atom is -0.462 e. The quantitative estimate of drug-likeness (QED) is 0.775. The molecule has 0 aromatic carbocycles. The van der Waals surface area contributed by atoms with Gasteiger partial charge in [-0.1, -0.05) is 0 Å². The average molecular weight is 249 g/mol. The predicted octanol–water partition coefficient (Wildman–Crippen LogP) is 2.13. The smallest absolute Gasteiger partial charge is 0.293 e. The maximum Gasteiger partial charge on any atom is 0.293 e. The summed E-state index contributed by atoms with van der Waals surface area (Å²) < 4.78 is 5.54. The van der Waals surface area contributed by atoms with Crippen LogP contribution in [0.1, 0.15) is 20.8 Å². The van der Waals surface area contributed by atoms with Gasteiger partial charge < -0.3 is 4.74 Å². The number of nitrogens with zero attached hydrogens (tertiary/aromatic N) is 1. The fraction of sp³-hybridized carbons (Fsp3) is 0.500. The van der Waals surface area contributed by atoms with Gasteiger partial charge in [-0.15, -0.1) is 0 Å². The van der Waals surface area contributed by atoms with Crippen LogP contribution < -0.4 is 0 Å². The summed E-state index contributed by atoms with van der Waals surface area (Å²) in [5.74, 6) is 0. The van der Waals surface area contributed by atoms with E-state index < -0.39 is 0 Å². The van der Waals surface area contributed by atoms with Gasteiger partial charge in [0.25, 0.3) is 6.47 Å². The first kappa shape index (κ1) is 12.2. The van der Waals surface area contributed by atoms with E-state index in [0.717, 1.165) is 4.47 Å². The first-order chi connectivity index (χ1) is 5.95. The summed E-state index contributed by atoms with van der Waals surface area (Å²) >= 11 is 3.19. The summed E-state index contributed by atoms with van der Waals surface area (Å²) in [5, 5.41) is 6.28. The summed E-state index contributed by atoms with van der Waals surface area (Å²) in [6.07, 6.45) is 3.46. The second-order valence-corrected chi connectivity index (χ2v) is 4.16. The summed E-state index contributed by atoms with van der Waals surface area (Å²) in [4.78, 5) is 9.60. The van der Waals surface area contributed by atoms with Crippen LogP contribution in [0.2, 0.25) is 0 Å². The highest BCUT2D eigenvalue weighted by Gasteiger charge is 2.07. The van der Waals surface area contributed by atoms with Crippen molar-refractivity contribution in [3.05, 3.63) is 16.9 Å². The molecule has 1 rings (SSSR count). The Bertz CT molecular complexity index is 229. The molecule has 0 fully saturated rings. The molecule has 0 saturated heterocycles. The molecule has 0 bridgehead atoms. The molecule has 0 aliphatic heterocycles. The van der Waals surface area contributed by atoms with E-state index in [1.165, 1.54) is 0 Å². The van der Waals surface area contributed by atoms with E-state index in [1.807, 2.05) is 20.8 Å². The Hall–Kier alpha value is -0.840. The van der Waals surface area contributed by atoms with E-state index >= 15 is 0 Å². The third-order valence-corrected chi connectivity index (χ3v) is 1.30. The minimum atomic E-state index is -0.318. The fourth-order valence-corrected chi connectivity index (χ4v) is 0.584. The van der Waals surface area contributed by atoms with Crippen LogP contribution in [0.25, 0.3) is 0 Å². The van der Waals surface area contributed by atoms with Gasteiger partial charge in [0.1, 0.15) is 5.60 Å². The highest BCUT2D eigenvalue weighted by atomic mass is 79.9. The zero-order valence-electron chi connectivity index (χ0n) is 7.87. The number of carbonyl (C=O) groups is 1. The number of hydrogen-bond donors (Lipinski definition) is 1. The van der Waals surface area contributed by atoms with Gasteiger partial charge in [-0.25, -0.2) is 0 Å². The SMILES string of the molecule is Brc1cn[nH]c1.CC(C)(C)OC=O. The molecule has 0 atom stereocenters. The Morgan fingerprint density at radius 2 is 2.23 bits per heavy atom. The van der Waals surface area contributed by atoms with Crippen molar-refractivity contribution in [3.8, 4) is 0 Å². The lowest BCUT2D eigenvalue weighted by Gasteiger charge is -2.14. The fourth-order valence-electron chi connectivity index (χ4n) is 0.379. The monoisotopic (exact) mass is 248 g/mol. The Balaban J connectivity index is 0.000000223. The minimum absolute atomic E-state index is 0.318. The number of aromatic amines is 1. The molecule has 0 saturated carbocycles. The molecule has 13 heavy (non-hydrogen) atoms. The molecular weight excluding hydrogens is 236 g/mol. The maximum atomic E-state index is 9.60. The van der Waals surface area contributed by atoms with E-state index in [0.29, 0.717) is 6.47 Å². The van der Waals surface area contributed by atoms with Gasteiger partial charge in [0.2, 0.25) is 0 Å². The molecule has 0 aliphatic rings. The summed E-state index contributed by atoms with van der Waals surface area (Å²) in [6.45, 7) is 5.92. The lowest BCUT2D eigenvalue weighted by atomic mass is 10.2. The molecule has 1 N–H and O–H groups in total. The van der Waals surface area contributed by atoms with Crippen molar-refractivity contribution in [1.82, 2.24) is 10.2 Å². The molecule has 74 valence electrons. The van der Waals surface area contributed by atoms with Gasteiger partial charge in [-0.05, 0) is 36.7 Å². The molecule has 1 aromatic rings. The Morgan fingerprint density at radius 3 is 2.31 bits per heavy atom. The van der Waals surface area contributed by atoms with Crippen molar-refractivity contribution in [2.45, 2.75) is 26.4 Å². The Labute approximate surface area is 85.8 Å².